The number of urea groups is 1. The lowest BCUT2D eigenvalue weighted by molar-refractivity contribution is 0.0996. The van der Waals surface area contributed by atoms with E-state index >= 15 is 0 Å². The number of likely N-dealkylation sites (tertiary alicyclic amines) is 1. The smallest absolute Gasteiger partial charge is 0.319 e. The Kier molecular flexibility index (Phi) is 10.6. The fraction of sp³-hybridized carbons (Fsp3) is 0.500. The quantitative estimate of drug-likeness (QED) is 0.299. The van der Waals surface area contributed by atoms with Gasteiger partial charge in [0, 0.05) is 18.1 Å². The number of nitrogens with zero attached hydrogens (tertiary/aromatic N) is 2. The Balaban J connectivity index is 1.56. The van der Waals surface area contributed by atoms with Gasteiger partial charge in [-0.25, -0.2) is 13.6 Å². The van der Waals surface area contributed by atoms with Crippen molar-refractivity contribution in [3.8, 4) is 5.88 Å². The summed E-state index contributed by atoms with van der Waals surface area (Å²) in [5, 5.41) is 4.82. The number of nitrogens with two attached hydrogens (primary N) is 1. The van der Waals surface area contributed by atoms with Crippen LogP contribution in [0.4, 0.5) is 18.6 Å². The Morgan fingerprint density at radius 1 is 1.24 bits per heavy atom. The number of primary amides is 1. The highest BCUT2D eigenvalue weighted by atomic mass is 35.5. The molecular formula is C22H28ClF2N5O6S2. The highest BCUT2D eigenvalue weighted by Gasteiger charge is 2.24. The van der Waals surface area contributed by atoms with Crippen molar-refractivity contribution in [3.63, 3.8) is 0 Å². The molecule has 3 amide bonds. The molecule has 1 aliphatic rings. The first kappa shape index (κ1) is 30.0. The van der Waals surface area contributed by atoms with Crippen LogP contribution in [0.5, 0.6) is 5.88 Å². The Morgan fingerprint density at radius 3 is 2.50 bits per heavy atom. The predicted molar refractivity (Wildman–Crippen MR) is 138 cm³/mol. The Bertz CT molecular complexity index is 1230. The van der Waals surface area contributed by atoms with Gasteiger partial charge >= 0.3 is 6.03 Å². The first-order valence-electron chi connectivity index (χ1n) is 11.6. The molecule has 2 aromatic rings. The molecule has 1 saturated heterocycles. The molecule has 0 saturated carbocycles. The lowest BCUT2D eigenvalue weighted by atomic mass is 10.2. The summed E-state index contributed by atoms with van der Waals surface area (Å²) >= 11 is 6.29. The van der Waals surface area contributed by atoms with Gasteiger partial charge in [-0.3, -0.25) is 14.3 Å². The second kappa shape index (κ2) is 13.5. The van der Waals surface area contributed by atoms with E-state index in [1.807, 2.05) is 0 Å². The molecule has 1 atom stereocenters. The van der Waals surface area contributed by atoms with E-state index in [0.717, 1.165) is 44.3 Å². The highest BCUT2D eigenvalue weighted by Crippen LogP contribution is 2.31. The Hall–Kier alpha value is -2.59. The van der Waals surface area contributed by atoms with E-state index in [1.54, 1.807) is 0 Å². The number of halogens is 3. The molecule has 1 unspecified atom stereocenters. The molecule has 4 N–H and O–H groups in total. The van der Waals surface area contributed by atoms with Crippen LogP contribution in [-0.4, -0.2) is 68.2 Å². The summed E-state index contributed by atoms with van der Waals surface area (Å²) in [4.78, 5) is 26.6. The van der Waals surface area contributed by atoms with Crippen molar-refractivity contribution >= 4 is 50.2 Å². The second-order valence-corrected chi connectivity index (χ2v) is 11.4. The molecule has 38 heavy (non-hydrogen) atoms. The van der Waals surface area contributed by atoms with E-state index in [2.05, 4.69) is 19.9 Å². The zero-order valence-electron chi connectivity index (χ0n) is 20.5. The molecule has 0 spiro atoms. The SMILES string of the molecule is CS(=O)(=O)OC(CCNC(=O)Nc1snc(OCc2c(F)cc(Cl)cc2F)c1C(N)=O)CCN1CCCC1. The van der Waals surface area contributed by atoms with E-state index in [-0.39, 0.29) is 34.4 Å². The first-order valence-corrected chi connectivity index (χ1v) is 14.6. The second-order valence-electron chi connectivity index (χ2n) is 8.62. The third-order valence-corrected chi connectivity index (χ3v) is 7.21. The maximum absolute atomic E-state index is 14.0. The number of rotatable bonds is 13. The third kappa shape index (κ3) is 9.01. The van der Waals surface area contributed by atoms with E-state index in [4.69, 9.17) is 26.3 Å². The van der Waals surface area contributed by atoms with Crippen molar-refractivity contribution in [1.29, 1.82) is 0 Å². The van der Waals surface area contributed by atoms with Crippen molar-refractivity contribution in [2.75, 3.05) is 37.8 Å². The molecule has 1 aromatic carbocycles. The van der Waals surface area contributed by atoms with E-state index in [0.29, 0.717) is 24.5 Å². The number of hydrogen-bond donors (Lipinski definition) is 3. The number of hydrogen-bond acceptors (Lipinski definition) is 9. The zero-order valence-corrected chi connectivity index (χ0v) is 22.9. The number of aromatic nitrogens is 1. The average Bonchev–Trinajstić information content (AvgIpc) is 3.45. The van der Waals surface area contributed by atoms with Crippen LogP contribution in [0.2, 0.25) is 5.02 Å². The van der Waals surface area contributed by atoms with Crippen LogP contribution in [-0.2, 0) is 20.9 Å². The van der Waals surface area contributed by atoms with Gasteiger partial charge in [0.25, 0.3) is 16.0 Å². The minimum atomic E-state index is -3.69. The topological polar surface area (TPSA) is 153 Å². The van der Waals surface area contributed by atoms with Gasteiger partial charge in [0.1, 0.15) is 28.8 Å². The molecule has 2 heterocycles. The van der Waals surface area contributed by atoms with Crippen LogP contribution < -0.4 is 21.1 Å². The standard InChI is InChI=1S/C22H28ClF2N5O6S2/c1-38(33,34)36-14(5-9-30-7-2-3-8-30)4-6-27-22(32)28-21-18(19(26)31)20(29-37-21)35-12-15-16(24)10-13(23)11-17(15)25/h10-11,14H,2-9,12H2,1H3,(H2,26,31)(H2,27,28,32). The van der Waals surface area contributed by atoms with Crippen LogP contribution in [0.1, 0.15) is 41.6 Å². The van der Waals surface area contributed by atoms with Crippen molar-refractivity contribution in [2.45, 2.75) is 38.4 Å². The minimum Gasteiger partial charge on any atom is -0.471 e. The van der Waals surface area contributed by atoms with Crippen molar-refractivity contribution in [2.24, 2.45) is 5.73 Å². The zero-order chi connectivity index (χ0) is 27.9. The maximum atomic E-state index is 14.0. The molecule has 1 aromatic heterocycles. The van der Waals surface area contributed by atoms with Gasteiger partial charge in [-0.1, -0.05) is 11.6 Å². The summed E-state index contributed by atoms with van der Waals surface area (Å²) < 4.78 is 65.7. The van der Waals surface area contributed by atoms with E-state index in [1.165, 1.54) is 0 Å². The summed E-state index contributed by atoms with van der Waals surface area (Å²) in [6, 6.07) is 1.11. The molecule has 11 nitrogen and oxygen atoms in total. The molecule has 1 aliphatic heterocycles. The average molecular weight is 596 g/mol. The van der Waals surface area contributed by atoms with Crippen molar-refractivity contribution in [1.82, 2.24) is 14.6 Å². The molecule has 0 radical (unpaired) electrons. The number of amides is 3. The number of nitrogens with one attached hydrogen (secondary N) is 2. The van der Waals surface area contributed by atoms with E-state index < -0.39 is 52.0 Å². The van der Waals surface area contributed by atoms with Gasteiger partial charge in [0.05, 0.1) is 17.9 Å². The van der Waals surface area contributed by atoms with E-state index in [9.17, 15) is 26.8 Å². The van der Waals surface area contributed by atoms with Crippen LogP contribution in [0.25, 0.3) is 0 Å². The van der Waals surface area contributed by atoms with Gasteiger partial charge in [-0.05, 0) is 62.4 Å². The van der Waals surface area contributed by atoms with Gasteiger partial charge in [-0.15, -0.1) is 0 Å². The summed E-state index contributed by atoms with van der Waals surface area (Å²) in [5.74, 6) is -3.18. The van der Waals surface area contributed by atoms with Crippen LogP contribution in [0, 0.1) is 11.6 Å². The number of carbonyl (C=O) groups is 2. The number of anilines is 1. The third-order valence-electron chi connectivity index (χ3n) is 5.62. The largest absolute Gasteiger partial charge is 0.471 e. The summed E-state index contributed by atoms with van der Waals surface area (Å²) in [6.07, 6.45) is 3.26. The van der Waals surface area contributed by atoms with Crippen LogP contribution in [0.3, 0.4) is 0 Å². The van der Waals surface area contributed by atoms with Crippen molar-refractivity contribution < 1.29 is 35.7 Å². The Morgan fingerprint density at radius 2 is 1.89 bits per heavy atom. The molecule has 1 fully saturated rings. The molecular weight excluding hydrogens is 568 g/mol. The predicted octanol–water partition coefficient (Wildman–Crippen LogP) is 3.09. The monoisotopic (exact) mass is 595 g/mol. The van der Waals surface area contributed by atoms with Crippen molar-refractivity contribution in [3.05, 3.63) is 39.9 Å². The van der Waals surface area contributed by atoms with Gasteiger partial charge < -0.3 is 20.7 Å². The summed E-state index contributed by atoms with van der Waals surface area (Å²) in [6.45, 7) is 2.07. The molecule has 16 heteroatoms. The van der Waals surface area contributed by atoms with Gasteiger partial charge in [0.15, 0.2) is 0 Å². The maximum Gasteiger partial charge on any atom is 0.319 e. The number of benzene rings is 1. The van der Waals surface area contributed by atoms with Gasteiger partial charge in [0.2, 0.25) is 5.88 Å². The van der Waals surface area contributed by atoms with Crippen LogP contribution in [0.15, 0.2) is 12.1 Å². The van der Waals surface area contributed by atoms with Crippen LogP contribution >= 0.6 is 23.1 Å². The molecule has 0 bridgehead atoms. The lowest BCUT2D eigenvalue weighted by Crippen LogP contribution is -2.34. The summed E-state index contributed by atoms with van der Waals surface area (Å²) in [7, 11) is -3.69. The fourth-order valence-corrected chi connectivity index (χ4v) is 5.46. The molecule has 3 rings (SSSR count). The van der Waals surface area contributed by atoms with Gasteiger partial charge in [-0.2, -0.15) is 12.8 Å². The Labute approximate surface area is 227 Å². The number of carbonyl (C=O) groups excluding carboxylic acids is 2. The minimum absolute atomic E-state index is 0.0416. The lowest BCUT2D eigenvalue weighted by Gasteiger charge is -2.20. The molecule has 0 aliphatic carbocycles. The fourth-order valence-electron chi connectivity index (χ4n) is 3.84. The highest BCUT2D eigenvalue weighted by molar-refractivity contribution is 7.86. The number of ether oxygens (including phenoxy) is 1. The first-order chi connectivity index (χ1) is 17.9. The normalized spacial score (nSPS) is 14.8. The summed E-state index contributed by atoms with van der Waals surface area (Å²) in [5.41, 5.74) is 4.70. The molecule has 210 valence electrons.